The molecule has 0 aliphatic rings. The van der Waals surface area contributed by atoms with Crippen LogP contribution in [0.3, 0.4) is 0 Å². The highest BCUT2D eigenvalue weighted by molar-refractivity contribution is 7.99. The Kier molecular flexibility index (Phi) is 7.70. The van der Waals surface area contributed by atoms with Crippen molar-refractivity contribution in [1.82, 2.24) is 25.5 Å². The summed E-state index contributed by atoms with van der Waals surface area (Å²) in [4.78, 5) is 33.1. The fraction of sp³-hybridized carbons (Fsp3) is 0.278. The van der Waals surface area contributed by atoms with Crippen molar-refractivity contribution in [2.45, 2.75) is 25.0 Å². The highest BCUT2D eigenvalue weighted by atomic mass is 35.5. The monoisotopic (exact) mass is 484 g/mol. The fourth-order valence-electron chi connectivity index (χ4n) is 2.48. The molecule has 1 atom stereocenters. The summed E-state index contributed by atoms with van der Waals surface area (Å²) in [6.45, 7) is 3.90. The van der Waals surface area contributed by atoms with Crippen LogP contribution in [0.5, 0.6) is 0 Å². The van der Waals surface area contributed by atoms with Crippen LogP contribution in [-0.4, -0.2) is 37.7 Å². The molecule has 0 radical (unpaired) electrons. The van der Waals surface area contributed by atoms with Crippen molar-refractivity contribution in [3.8, 4) is 0 Å². The van der Waals surface area contributed by atoms with E-state index in [1.165, 1.54) is 29.2 Å². The van der Waals surface area contributed by atoms with Crippen LogP contribution in [0.4, 0.5) is 5.13 Å². The zero-order valence-electron chi connectivity index (χ0n) is 16.0. The summed E-state index contributed by atoms with van der Waals surface area (Å²) < 4.78 is 0. The number of amides is 2. The summed E-state index contributed by atoms with van der Waals surface area (Å²) in [5, 5.41) is 16.0. The molecular weight excluding hydrogens is 467 g/mol. The Hall–Kier alpha value is -2.14. The van der Waals surface area contributed by atoms with Gasteiger partial charge in [0.25, 0.3) is 5.91 Å². The van der Waals surface area contributed by atoms with Gasteiger partial charge in [0, 0.05) is 16.6 Å². The third-order valence-corrected chi connectivity index (χ3v) is 6.00. The summed E-state index contributed by atoms with van der Waals surface area (Å²) in [5.74, 6) is 0.108. The molecule has 2 amide bonds. The van der Waals surface area contributed by atoms with Gasteiger partial charge in [-0.05, 0) is 24.1 Å². The normalized spacial score (nSPS) is 12.0. The first-order valence-corrected chi connectivity index (χ1v) is 11.5. The number of hydrogen-bond donors (Lipinski definition) is 3. The second-order valence-electron chi connectivity index (χ2n) is 6.50. The molecule has 0 fully saturated rings. The average molecular weight is 485 g/mol. The second-order valence-corrected chi connectivity index (χ2v) is 9.18. The van der Waals surface area contributed by atoms with Crippen molar-refractivity contribution in [2.75, 3.05) is 11.1 Å². The zero-order chi connectivity index (χ0) is 21.7. The van der Waals surface area contributed by atoms with Gasteiger partial charge in [-0.3, -0.25) is 14.7 Å². The standard InChI is InChI=1S/C18H18Cl2N6O2S2/c1-9(2)14(23-16(28)11-4-3-10(19)7-12(11)20)15-24-18(26-25-15)30-8-13(27)22-17-21-5-6-29-17/h3-7,9,14H,8H2,1-2H3,(H,23,28)(H,21,22,27)(H,24,25,26)/t14-/m0/s1. The zero-order valence-corrected chi connectivity index (χ0v) is 19.1. The Balaban J connectivity index is 1.63. The molecule has 0 aliphatic carbocycles. The topological polar surface area (TPSA) is 113 Å². The molecule has 0 unspecified atom stereocenters. The molecule has 0 saturated carbocycles. The van der Waals surface area contributed by atoms with Gasteiger partial charge in [0.2, 0.25) is 11.1 Å². The van der Waals surface area contributed by atoms with E-state index in [9.17, 15) is 9.59 Å². The van der Waals surface area contributed by atoms with Gasteiger partial charge in [-0.15, -0.1) is 16.4 Å². The number of thioether (sulfide) groups is 1. The summed E-state index contributed by atoms with van der Waals surface area (Å²) in [6.07, 6.45) is 1.62. The van der Waals surface area contributed by atoms with Crippen LogP contribution < -0.4 is 10.6 Å². The molecule has 3 aromatic rings. The highest BCUT2D eigenvalue weighted by Crippen LogP contribution is 2.25. The molecule has 0 saturated heterocycles. The van der Waals surface area contributed by atoms with Crippen LogP contribution in [0.15, 0.2) is 34.9 Å². The molecule has 158 valence electrons. The fourth-order valence-corrected chi connectivity index (χ4v) is 4.12. The van der Waals surface area contributed by atoms with E-state index in [0.717, 1.165) is 0 Å². The number of aromatic amines is 1. The minimum atomic E-state index is -0.421. The van der Waals surface area contributed by atoms with Crippen LogP contribution in [0.1, 0.15) is 36.1 Å². The molecule has 8 nitrogen and oxygen atoms in total. The molecular formula is C18H18Cl2N6O2S2. The van der Waals surface area contributed by atoms with E-state index in [0.29, 0.717) is 26.7 Å². The van der Waals surface area contributed by atoms with Crippen LogP contribution in [-0.2, 0) is 4.79 Å². The van der Waals surface area contributed by atoms with Crippen LogP contribution in [0, 0.1) is 5.92 Å². The number of anilines is 1. The number of aromatic nitrogens is 4. The van der Waals surface area contributed by atoms with Crippen LogP contribution >= 0.6 is 46.3 Å². The van der Waals surface area contributed by atoms with Crippen molar-refractivity contribution in [3.63, 3.8) is 0 Å². The maximum absolute atomic E-state index is 12.7. The molecule has 12 heteroatoms. The first-order valence-electron chi connectivity index (χ1n) is 8.84. The van der Waals surface area contributed by atoms with Gasteiger partial charge in [0.05, 0.1) is 22.4 Å². The molecule has 3 rings (SSSR count). The molecule has 2 heterocycles. The summed E-state index contributed by atoms with van der Waals surface area (Å²) in [5.41, 5.74) is 0.319. The molecule has 0 bridgehead atoms. The number of halogens is 2. The Bertz CT molecular complexity index is 1030. The third-order valence-electron chi connectivity index (χ3n) is 3.92. The molecule has 0 spiro atoms. The van der Waals surface area contributed by atoms with Gasteiger partial charge in [0.15, 0.2) is 5.13 Å². The lowest BCUT2D eigenvalue weighted by molar-refractivity contribution is -0.113. The first kappa shape index (κ1) is 22.5. The largest absolute Gasteiger partial charge is 0.342 e. The Morgan fingerprint density at radius 2 is 2.10 bits per heavy atom. The van der Waals surface area contributed by atoms with E-state index < -0.39 is 6.04 Å². The number of carbonyl (C=O) groups is 2. The summed E-state index contributed by atoms with van der Waals surface area (Å²) in [7, 11) is 0. The number of hydrogen-bond acceptors (Lipinski definition) is 7. The van der Waals surface area contributed by atoms with Gasteiger partial charge in [-0.25, -0.2) is 9.97 Å². The Morgan fingerprint density at radius 3 is 2.77 bits per heavy atom. The number of thiazole rings is 1. The average Bonchev–Trinajstić information content (AvgIpc) is 3.36. The van der Waals surface area contributed by atoms with E-state index in [1.807, 2.05) is 13.8 Å². The predicted octanol–water partition coefficient (Wildman–Crippen LogP) is 4.43. The lowest BCUT2D eigenvalue weighted by Gasteiger charge is -2.20. The van der Waals surface area contributed by atoms with E-state index in [2.05, 4.69) is 30.8 Å². The summed E-state index contributed by atoms with van der Waals surface area (Å²) in [6, 6.07) is 4.27. The number of nitrogens with zero attached hydrogens (tertiary/aromatic N) is 3. The second kappa shape index (κ2) is 10.3. The number of nitrogens with one attached hydrogen (secondary N) is 3. The molecule has 0 aliphatic heterocycles. The number of benzene rings is 1. The lowest BCUT2D eigenvalue weighted by atomic mass is 10.0. The van der Waals surface area contributed by atoms with Gasteiger partial charge < -0.3 is 10.6 Å². The van der Waals surface area contributed by atoms with Crippen LogP contribution in [0.2, 0.25) is 10.0 Å². The maximum Gasteiger partial charge on any atom is 0.253 e. The quantitative estimate of drug-likeness (QED) is 0.407. The number of rotatable bonds is 8. The predicted molar refractivity (Wildman–Crippen MR) is 119 cm³/mol. The van der Waals surface area contributed by atoms with Crippen molar-refractivity contribution in [1.29, 1.82) is 0 Å². The van der Waals surface area contributed by atoms with E-state index in [-0.39, 0.29) is 28.5 Å². The van der Waals surface area contributed by atoms with E-state index in [4.69, 9.17) is 23.2 Å². The Morgan fingerprint density at radius 1 is 1.30 bits per heavy atom. The SMILES string of the molecule is CC(C)[C@H](NC(=O)c1ccc(Cl)cc1Cl)c1nc(SCC(=O)Nc2nccs2)n[nH]1. The maximum atomic E-state index is 12.7. The first-order chi connectivity index (χ1) is 14.3. The molecule has 30 heavy (non-hydrogen) atoms. The smallest absolute Gasteiger partial charge is 0.253 e. The van der Waals surface area contributed by atoms with Gasteiger partial charge >= 0.3 is 0 Å². The van der Waals surface area contributed by atoms with Gasteiger partial charge in [-0.2, -0.15) is 0 Å². The van der Waals surface area contributed by atoms with Crippen LogP contribution in [0.25, 0.3) is 0 Å². The highest BCUT2D eigenvalue weighted by Gasteiger charge is 2.24. The van der Waals surface area contributed by atoms with Gasteiger partial charge in [0.1, 0.15) is 5.82 Å². The number of carbonyl (C=O) groups excluding carboxylic acids is 2. The lowest BCUT2D eigenvalue weighted by Crippen LogP contribution is -2.32. The van der Waals surface area contributed by atoms with Crippen molar-refractivity contribution in [3.05, 3.63) is 51.2 Å². The van der Waals surface area contributed by atoms with Crippen molar-refractivity contribution < 1.29 is 9.59 Å². The summed E-state index contributed by atoms with van der Waals surface area (Å²) >= 11 is 14.6. The Labute approximate surface area is 191 Å². The van der Waals surface area contributed by atoms with E-state index in [1.54, 1.807) is 23.7 Å². The third kappa shape index (κ3) is 5.94. The van der Waals surface area contributed by atoms with Crippen molar-refractivity contribution in [2.24, 2.45) is 5.92 Å². The molecule has 3 N–H and O–H groups in total. The van der Waals surface area contributed by atoms with E-state index >= 15 is 0 Å². The van der Waals surface area contributed by atoms with Crippen molar-refractivity contribution >= 4 is 63.2 Å². The minimum Gasteiger partial charge on any atom is -0.342 e. The van der Waals surface area contributed by atoms with Gasteiger partial charge in [-0.1, -0.05) is 48.8 Å². The molecule has 2 aromatic heterocycles. The minimum absolute atomic E-state index is 0.0269. The number of H-pyrrole nitrogens is 1. The molecule has 1 aromatic carbocycles.